The minimum absolute atomic E-state index is 0. The maximum Gasteiger partial charge on any atom is 2.00 e. The van der Waals surface area contributed by atoms with E-state index in [1.165, 1.54) is 12.1 Å². The van der Waals surface area contributed by atoms with Crippen LogP contribution in [-0.4, -0.2) is 180 Å². The van der Waals surface area contributed by atoms with Crippen LogP contribution in [0, 0.1) is 5.92 Å². The largest absolute Gasteiger partial charge is 2.00 e. The van der Waals surface area contributed by atoms with Crippen molar-refractivity contribution in [3.05, 3.63) is 150 Å². The van der Waals surface area contributed by atoms with Crippen molar-refractivity contribution in [2.45, 2.75) is 159 Å². The molecule has 36 nitrogen and oxygen atoms in total. The zero-order valence-corrected chi connectivity index (χ0v) is 66.1. The Bertz CT molecular complexity index is 3580. The van der Waals surface area contributed by atoms with E-state index in [0.717, 1.165) is 39.8 Å². The number of aromatic nitrogens is 4. The second-order valence-electron chi connectivity index (χ2n) is 25.1. The average molecular weight is 1610 g/mol. The molecule has 14 N–H and O–H groups in total. The molecule has 568 valence electrons. The predicted molar refractivity (Wildman–Crippen MR) is 362 cm³/mol. The van der Waals surface area contributed by atoms with Gasteiger partial charge in [-0.15, -0.1) is 6.10 Å². The van der Waals surface area contributed by atoms with Gasteiger partial charge in [0.2, 0.25) is 59.1 Å². The van der Waals surface area contributed by atoms with Crippen LogP contribution < -0.4 is 84.5 Å². The van der Waals surface area contributed by atoms with Crippen LogP contribution >= 0.6 is 7.82 Å². The molecule has 1 fully saturated rings. The van der Waals surface area contributed by atoms with E-state index in [9.17, 15) is 87.2 Å². The number of likely N-dealkylation sites (tertiary alicyclic amines) is 1. The van der Waals surface area contributed by atoms with E-state index in [1.807, 2.05) is 72.8 Å². The smallest absolute Gasteiger partial charge is 0.850 e. The first-order valence-corrected chi connectivity index (χ1v) is 34.9. The van der Waals surface area contributed by atoms with Crippen LogP contribution in [0.15, 0.2) is 122 Å². The van der Waals surface area contributed by atoms with Gasteiger partial charge in [-0.25, -0.2) is 0 Å². The van der Waals surface area contributed by atoms with Crippen molar-refractivity contribution in [2.24, 2.45) is 28.9 Å². The summed E-state index contributed by atoms with van der Waals surface area (Å²) in [5.41, 5.74) is 25.6. The van der Waals surface area contributed by atoms with E-state index >= 15 is 0 Å². The van der Waals surface area contributed by atoms with E-state index in [-0.39, 0.29) is 101 Å². The summed E-state index contributed by atoms with van der Waals surface area (Å²) in [5, 5.41) is 49.9. The van der Waals surface area contributed by atoms with Crippen LogP contribution in [0.2, 0.25) is 0 Å². The third kappa shape index (κ3) is 35.6. The maximum absolute atomic E-state index is 14.1. The number of hydrogen-bond acceptors (Lipinski definition) is 26. The molecule has 5 heterocycles. The monoisotopic (exact) mass is 1600 g/mol. The molecule has 0 radical (unpaired) electrons. The zero-order valence-electron chi connectivity index (χ0n) is 59.2. The number of nitrogens with one attached hydrogen (secondary N) is 6. The minimum atomic E-state index is -5.44. The Morgan fingerprint density at radius 1 is 0.579 bits per heavy atom. The number of aliphatic carboxylic acids is 2. The van der Waals surface area contributed by atoms with Crippen molar-refractivity contribution in [3.63, 3.8) is 0 Å². The van der Waals surface area contributed by atoms with E-state index in [0.29, 0.717) is 39.3 Å². The van der Waals surface area contributed by atoms with Crippen molar-refractivity contribution in [3.8, 4) is 5.75 Å². The quantitative estimate of drug-likeness (QED) is 0.0128. The normalized spacial score (nSPS) is 14.1. The minimum Gasteiger partial charge on any atom is -0.850 e. The molecular weight excluding hydrogens is 1520 g/mol. The molecule has 39 heteroatoms. The van der Waals surface area contributed by atoms with E-state index in [2.05, 4.69) is 66.2 Å². The number of carbonyl (C=O) groups excluding carboxylic acids is 12. The van der Waals surface area contributed by atoms with Crippen LogP contribution in [-0.2, 0) is 134 Å². The van der Waals surface area contributed by atoms with Crippen LogP contribution in [0.3, 0.4) is 0 Å². The summed E-state index contributed by atoms with van der Waals surface area (Å²) < 4.78 is 15.4. The topological polar surface area (TPSA) is 584 Å². The fourth-order valence-electron chi connectivity index (χ4n) is 10.9. The van der Waals surface area contributed by atoms with Crippen LogP contribution in [0.1, 0.15) is 106 Å². The van der Waals surface area contributed by atoms with Crippen molar-refractivity contribution in [2.75, 3.05) is 26.2 Å². The number of phosphoric acid groups is 1. The molecule has 0 saturated carbocycles. The number of carboxylic acid groups (broad SMARTS) is 2. The number of benzene rings is 1. The number of primary amides is 3. The van der Waals surface area contributed by atoms with Crippen molar-refractivity contribution < 1.29 is 131 Å². The summed E-state index contributed by atoms with van der Waals surface area (Å²) in [6, 6.07) is 17.2. The Labute approximate surface area is 642 Å². The first kappa shape index (κ1) is 91.7. The Kier molecular flexibility index (Phi) is 40.5. The summed E-state index contributed by atoms with van der Waals surface area (Å²) in [6.07, 6.45) is 2.37. The molecule has 4 aromatic heterocycles. The second-order valence-corrected chi connectivity index (χ2v) is 26.1. The number of nitrogens with two attached hydrogens (primary N) is 4. The third-order valence-corrected chi connectivity index (χ3v) is 16.2. The molecule has 1 saturated heterocycles. The molecule has 6 rings (SSSR count). The number of pyridine rings is 4. The van der Waals surface area contributed by atoms with Gasteiger partial charge in [0, 0.05) is 82.7 Å². The molecule has 1 aliphatic heterocycles. The number of nitrogens with zero attached hydrogens (tertiary/aromatic N) is 7. The Balaban J connectivity index is 0.000000683. The SMILES string of the molecule is CC(C)CC(NC(=O)C(CC(N)=O)NC(=O)C(CCC(=O)[O-])NC(=O)CNC(=O)C1CCCN1C(=O)C(CCC(N)=O)NC(=O)C(Cc1ccc(OP(=O)([O-])[O-])cc1)NC(=O)C(N)CCC(N)=O)C(=O)[O-].[O-]C(CN(Cc1ccccn1)Cc1ccccn1)CN(Cc1ccccn1)Cc1ccccn1.[Zn+2].[Zn+2]. The van der Waals surface area contributed by atoms with Crippen LogP contribution in [0.4, 0.5) is 0 Å². The van der Waals surface area contributed by atoms with Crippen molar-refractivity contribution >= 4 is 78.8 Å². The average Bonchev–Trinajstić information content (AvgIpc) is 1.79. The van der Waals surface area contributed by atoms with Gasteiger partial charge in [-0.1, -0.05) is 50.2 Å². The molecular formula is C68H87N17O19PZn2-. The molecule has 1 aromatic carbocycles. The van der Waals surface area contributed by atoms with Crippen molar-refractivity contribution in [1.29, 1.82) is 0 Å². The first-order valence-electron chi connectivity index (χ1n) is 33.4. The summed E-state index contributed by atoms with van der Waals surface area (Å²) >= 11 is 0. The maximum atomic E-state index is 14.1. The van der Waals surface area contributed by atoms with E-state index in [1.54, 1.807) is 38.6 Å². The summed E-state index contributed by atoms with van der Waals surface area (Å²) in [6.45, 7) is 5.48. The Morgan fingerprint density at radius 2 is 1.03 bits per heavy atom. The molecule has 7 atom stereocenters. The summed E-state index contributed by atoms with van der Waals surface area (Å²) in [4.78, 5) is 197. The molecule has 0 spiro atoms. The van der Waals surface area contributed by atoms with E-state index in [4.69, 9.17) is 22.9 Å². The standard InChI is InChI=1S/C41H62N11O18P.C27H29N6O.2Zn/c1-20(2)16-28(41(65)66)51-38(62)27(18-32(45)55)50-36(60)24(11-14-34(57)58)47-33(56)19-46-39(63)29-4-3-15-52(29)40(64)25(10-13-31(44)54)48-37(61)26(49-35(59)23(42)9-12-30(43)53)17-21-5-7-22(8-6-21)70-71(67,68)69;34-27(21-32(17-23-9-1-5-13-28-23)18-24-10-2-6-14-29-24)22-33(19-25-11-3-7-15-30-25)20-26-12-4-8-16-31-26;;/h5-8,20,23-29H,3-4,9-19,42H2,1-2H3,(H2,43,53)(H2,44,54)(H2,45,55)(H,46,63)(H,47,56)(H,48,61)(H,49,59)(H,50,60)(H,51,62)(H,57,58)(H,65,66)(H2,67,68,69);1-16,27H,17-22H2;;/q;-1;2*+2/p-4. The first-order chi connectivity index (χ1) is 49.8. The van der Waals surface area contributed by atoms with Gasteiger partial charge in [0.05, 0.1) is 53.8 Å². The molecule has 0 aliphatic carbocycles. The number of amides is 10. The molecule has 107 heavy (non-hydrogen) atoms. The number of phosphoric ester groups is 1. The predicted octanol–water partition coefficient (Wildman–Crippen LogP) is -6.28. The van der Waals surface area contributed by atoms with Gasteiger partial charge in [-0.05, 0) is 130 Å². The third-order valence-electron chi connectivity index (χ3n) is 15.8. The fraction of sp³-hybridized carbons (Fsp3) is 0.441. The van der Waals surface area contributed by atoms with Gasteiger partial charge in [0.1, 0.15) is 43.8 Å². The van der Waals surface area contributed by atoms with Gasteiger partial charge in [0.15, 0.2) is 0 Å². The zero-order chi connectivity index (χ0) is 77.2. The van der Waals surface area contributed by atoms with Crippen molar-refractivity contribution in [1.82, 2.24) is 66.5 Å². The van der Waals surface area contributed by atoms with Gasteiger partial charge < -0.3 is 104 Å². The molecule has 10 amide bonds. The number of carbonyl (C=O) groups is 12. The summed E-state index contributed by atoms with van der Waals surface area (Å²) in [7, 11) is -5.44. The van der Waals surface area contributed by atoms with Gasteiger partial charge in [-0.2, -0.15) is 0 Å². The second kappa shape index (κ2) is 47.2. The molecule has 7 unspecified atom stereocenters. The Hall–Kier alpha value is -9.50. The fourth-order valence-corrected chi connectivity index (χ4v) is 11.3. The van der Waals surface area contributed by atoms with Gasteiger partial charge in [0.25, 0.3) is 0 Å². The van der Waals surface area contributed by atoms with Gasteiger partial charge >= 0.3 is 39.0 Å². The van der Waals surface area contributed by atoms with Crippen LogP contribution in [0.25, 0.3) is 0 Å². The number of hydrogen-bond donors (Lipinski definition) is 10. The Morgan fingerprint density at radius 3 is 1.47 bits per heavy atom. The van der Waals surface area contributed by atoms with E-state index < -0.39 is 166 Å². The van der Waals surface area contributed by atoms with Crippen LogP contribution in [0.5, 0.6) is 5.75 Å². The number of carboxylic acids is 2. The molecule has 5 aromatic rings. The van der Waals surface area contributed by atoms with Gasteiger partial charge in [-0.3, -0.25) is 77.7 Å². The summed E-state index contributed by atoms with van der Waals surface area (Å²) in [5.74, 6) is -14.0. The number of rotatable bonds is 43. The molecule has 1 aliphatic rings. The molecule has 0 bridgehead atoms.